The number of nitrogens with zero attached hydrogens (tertiary/aromatic N) is 2. The van der Waals surface area contributed by atoms with Crippen LogP contribution in [0.2, 0.25) is 5.02 Å². The van der Waals surface area contributed by atoms with E-state index in [1.807, 2.05) is 43.3 Å². The highest BCUT2D eigenvalue weighted by atomic mass is 35.5. The molecule has 1 aromatic heterocycles. The summed E-state index contributed by atoms with van der Waals surface area (Å²) in [5, 5.41) is 0.120. The van der Waals surface area contributed by atoms with Crippen LogP contribution in [-0.4, -0.2) is 24.1 Å². The molecule has 0 aliphatic heterocycles. The van der Waals surface area contributed by atoms with E-state index < -0.39 is 0 Å². The summed E-state index contributed by atoms with van der Waals surface area (Å²) >= 11 is 6.05. The van der Waals surface area contributed by atoms with E-state index in [4.69, 9.17) is 11.6 Å². The molecule has 1 N–H and O–H groups in total. The van der Waals surface area contributed by atoms with Crippen LogP contribution >= 0.6 is 11.6 Å². The van der Waals surface area contributed by atoms with Crippen LogP contribution in [0.25, 0.3) is 11.3 Å². The fourth-order valence-electron chi connectivity index (χ4n) is 1.81. The molecule has 0 amide bonds. The lowest BCUT2D eigenvalue weighted by Gasteiger charge is -2.17. The second kappa shape index (κ2) is 4.82. The van der Waals surface area contributed by atoms with Crippen LogP contribution in [0.15, 0.2) is 29.1 Å². The van der Waals surface area contributed by atoms with E-state index in [-0.39, 0.29) is 10.6 Å². The van der Waals surface area contributed by atoms with E-state index in [1.54, 1.807) is 6.92 Å². The molecule has 0 radical (unpaired) electrons. The monoisotopic (exact) mass is 263 g/mol. The zero-order chi connectivity index (χ0) is 13.3. The van der Waals surface area contributed by atoms with Gasteiger partial charge in [0.2, 0.25) is 0 Å². The Morgan fingerprint density at radius 2 is 1.94 bits per heavy atom. The van der Waals surface area contributed by atoms with Crippen molar-refractivity contribution >= 4 is 17.3 Å². The number of hydrogen-bond donors (Lipinski definition) is 1. The number of hydrogen-bond acceptors (Lipinski definition) is 3. The van der Waals surface area contributed by atoms with Gasteiger partial charge in [0.05, 0.1) is 5.69 Å². The predicted molar refractivity (Wildman–Crippen MR) is 74.4 cm³/mol. The number of H-pyrrole nitrogens is 1. The molecule has 0 aliphatic carbocycles. The van der Waals surface area contributed by atoms with Crippen LogP contribution < -0.4 is 10.5 Å². The Kier molecular flexibility index (Phi) is 3.39. The van der Waals surface area contributed by atoms with Crippen molar-refractivity contribution in [2.24, 2.45) is 0 Å². The number of aryl methyl sites for hydroxylation is 1. The Balaban J connectivity index is 2.73. The fraction of sp³-hybridized carbons (Fsp3) is 0.231. The number of aromatic amines is 1. The van der Waals surface area contributed by atoms with E-state index in [0.717, 1.165) is 11.3 Å². The van der Waals surface area contributed by atoms with Gasteiger partial charge in [-0.3, -0.25) is 4.79 Å². The molecular formula is C13H14ClN3O. The third-order valence-electron chi connectivity index (χ3n) is 2.62. The first-order valence-corrected chi connectivity index (χ1v) is 5.91. The SMILES string of the molecule is Cc1nc(-c2ccccc2N(C)C)c(Cl)c(=O)[nH]1. The number of aromatic nitrogens is 2. The van der Waals surface area contributed by atoms with Crippen LogP contribution in [0, 0.1) is 6.92 Å². The minimum atomic E-state index is -0.312. The van der Waals surface area contributed by atoms with Crippen LogP contribution in [0.1, 0.15) is 5.82 Å². The van der Waals surface area contributed by atoms with Crippen LogP contribution in [-0.2, 0) is 0 Å². The lowest BCUT2D eigenvalue weighted by Crippen LogP contribution is -2.14. The maximum absolute atomic E-state index is 11.7. The second-order valence-corrected chi connectivity index (χ2v) is 4.60. The topological polar surface area (TPSA) is 49.0 Å². The highest BCUT2D eigenvalue weighted by Crippen LogP contribution is 2.31. The molecule has 1 heterocycles. The van der Waals surface area contributed by atoms with E-state index in [1.165, 1.54) is 0 Å². The van der Waals surface area contributed by atoms with Gasteiger partial charge in [0.1, 0.15) is 10.8 Å². The highest BCUT2D eigenvalue weighted by molar-refractivity contribution is 6.33. The van der Waals surface area contributed by atoms with Crippen molar-refractivity contribution in [2.45, 2.75) is 6.92 Å². The molecule has 0 spiro atoms. The standard InChI is InChI=1S/C13H14ClN3O/c1-8-15-12(11(14)13(18)16-8)9-6-4-5-7-10(9)17(2)3/h4-7H,1-3H3,(H,15,16,18). The van der Waals surface area contributed by atoms with Crippen molar-refractivity contribution in [3.8, 4) is 11.3 Å². The lowest BCUT2D eigenvalue weighted by atomic mass is 10.1. The molecule has 4 nitrogen and oxygen atoms in total. The Labute approximate surface area is 110 Å². The summed E-state index contributed by atoms with van der Waals surface area (Å²) in [5.41, 5.74) is 2.02. The van der Waals surface area contributed by atoms with Gasteiger partial charge in [-0.15, -0.1) is 0 Å². The molecule has 0 saturated heterocycles. The highest BCUT2D eigenvalue weighted by Gasteiger charge is 2.14. The van der Waals surface area contributed by atoms with Gasteiger partial charge in [-0.1, -0.05) is 29.8 Å². The molecule has 0 bridgehead atoms. The van der Waals surface area contributed by atoms with Gasteiger partial charge in [0.15, 0.2) is 0 Å². The lowest BCUT2D eigenvalue weighted by molar-refractivity contribution is 1.02. The summed E-state index contributed by atoms with van der Waals surface area (Å²) in [6.45, 7) is 1.74. The number of nitrogens with one attached hydrogen (secondary N) is 1. The summed E-state index contributed by atoms with van der Waals surface area (Å²) in [7, 11) is 3.87. The number of halogens is 1. The van der Waals surface area contributed by atoms with Crippen molar-refractivity contribution in [2.75, 3.05) is 19.0 Å². The Morgan fingerprint density at radius 3 is 2.61 bits per heavy atom. The predicted octanol–water partition coefficient (Wildman–Crippen LogP) is 2.46. The molecule has 0 saturated carbocycles. The molecule has 2 rings (SSSR count). The largest absolute Gasteiger partial charge is 0.377 e. The zero-order valence-electron chi connectivity index (χ0n) is 10.5. The molecule has 0 fully saturated rings. The normalized spacial score (nSPS) is 10.4. The number of anilines is 1. The molecule has 94 valence electrons. The van der Waals surface area contributed by atoms with Gasteiger partial charge < -0.3 is 9.88 Å². The van der Waals surface area contributed by atoms with Crippen LogP contribution in [0.3, 0.4) is 0 Å². The van der Waals surface area contributed by atoms with Gasteiger partial charge >= 0.3 is 0 Å². The van der Waals surface area contributed by atoms with Crippen molar-refractivity contribution in [3.05, 3.63) is 45.5 Å². The maximum atomic E-state index is 11.7. The summed E-state index contributed by atoms with van der Waals surface area (Å²) in [4.78, 5) is 20.6. The zero-order valence-corrected chi connectivity index (χ0v) is 11.2. The number of rotatable bonds is 2. The van der Waals surface area contributed by atoms with E-state index in [2.05, 4.69) is 9.97 Å². The third kappa shape index (κ3) is 2.24. The third-order valence-corrected chi connectivity index (χ3v) is 2.97. The van der Waals surface area contributed by atoms with Gasteiger partial charge in [-0.2, -0.15) is 0 Å². The first-order valence-electron chi connectivity index (χ1n) is 5.54. The Hall–Kier alpha value is -1.81. The van der Waals surface area contributed by atoms with E-state index in [0.29, 0.717) is 11.5 Å². The molecule has 2 aromatic rings. The minimum Gasteiger partial charge on any atom is -0.377 e. The van der Waals surface area contributed by atoms with Gasteiger partial charge in [-0.05, 0) is 13.0 Å². The van der Waals surface area contributed by atoms with Crippen molar-refractivity contribution < 1.29 is 0 Å². The van der Waals surface area contributed by atoms with E-state index in [9.17, 15) is 4.79 Å². The molecular weight excluding hydrogens is 250 g/mol. The fourth-order valence-corrected chi connectivity index (χ4v) is 2.01. The van der Waals surface area contributed by atoms with Gasteiger partial charge in [-0.25, -0.2) is 4.98 Å². The van der Waals surface area contributed by atoms with Gasteiger partial charge in [0.25, 0.3) is 5.56 Å². The average molecular weight is 264 g/mol. The summed E-state index contributed by atoms with van der Waals surface area (Å²) in [6, 6.07) is 7.70. The Bertz CT molecular complexity index is 634. The quantitative estimate of drug-likeness (QED) is 0.906. The molecule has 0 atom stereocenters. The first kappa shape index (κ1) is 12.6. The Morgan fingerprint density at radius 1 is 1.28 bits per heavy atom. The molecule has 1 aromatic carbocycles. The first-order chi connectivity index (χ1) is 8.50. The number of benzene rings is 1. The van der Waals surface area contributed by atoms with Crippen molar-refractivity contribution in [1.29, 1.82) is 0 Å². The summed E-state index contributed by atoms with van der Waals surface area (Å²) < 4.78 is 0. The summed E-state index contributed by atoms with van der Waals surface area (Å²) in [6.07, 6.45) is 0. The van der Waals surface area contributed by atoms with E-state index >= 15 is 0 Å². The maximum Gasteiger partial charge on any atom is 0.270 e. The molecule has 18 heavy (non-hydrogen) atoms. The van der Waals surface area contributed by atoms with Crippen LogP contribution in [0.4, 0.5) is 5.69 Å². The second-order valence-electron chi connectivity index (χ2n) is 4.23. The smallest absolute Gasteiger partial charge is 0.270 e. The minimum absolute atomic E-state index is 0.120. The average Bonchev–Trinajstić information content (AvgIpc) is 2.33. The molecule has 0 aliphatic rings. The van der Waals surface area contributed by atoms with Crippen LogP contribution in [0.5, 0.6) is 0 Å². The number of para-hydroxylation sites is 1. The van der Waals surface area contributed by atoms with Gasteiger partial charge in [0, 0.05) is 25.3 Å². The van der Waals surface area contributed by atoms with Crippen molar-refractivity contribution in [3.63, 3.8) is 0 Å². The molecule has 0 unspecified atom stereocenters. The van der Waals surface area contributed by atoms with Crippen molar-refractivity contribution in [1.82, 2.24) is 9.97 Å². The summed E-state index contributed by atoms with van der Waals surface area (Å²) in [5.74, 6) is 0.549. The molecule has 5 heteroatoms.